The van der Waals surface area contributed by atoms with Crippen LogP contribution < -0.4 is 9.64 Å². The van der Waals surface area contributed by atoms with E-state index in [1.807, 2.05) is 31.2 Å². The lowest BCUT2D eigenvalue weighted by Crippen LogP contribution is -2.48. The highest BCUT2D eigenvalue weighted by atomic mass is 35.5. The smallest absolute Gasteiger partial charge is 0.270 e. The van der Waals surface area contributed by atoms with Gasteiger partial charge in [-0.3, -0.25) is 14.9 Å². The fraction of sp³-hybridized carbons (Fsp3) is 0.316. The molecular weight excluding hydrogens is 370 g/mol. The molecule has 1 aliphatic heterocycles. The summed E-state index contributed by atoms with van der Waals surface area (Å²) in [5.74, 6) is 0.547. The van der Waals surface area contributed by atoms with Gasteiger partial charge in [-0.1, -0.05) is 11.6 Å². The maximum atomic E-state index is 12.7. The minimum atomic E-state index is -0.531. The van der Waals surface area contributed by atoms with E-state index in [4.69, 9.17) is 16.3 Å². The molecule has 8 heteroatoms. The number of hydrogen-bond acceptors (Lipinski definition) is 5. The van der Waals surface area contributed by atoms with Crippen molar-refractivity contribution in [2.24, 2.45) is 0 Å². The third-order valence-corrected chi connectivity index (χ3v) is 4.80. The minimum absolute atomic E-state index is 0.143. The van der Waals surface area contributed by atoms with Gasteiger partial charge in [-0.25, -0.2) is 0 Å². The zero-order valence-electron chi connectivity index (χ0n) is 14.9. The number of carbonyl (C=O) groups is 1. The van der Waals surface area contributed by atoms with Gasteiger partial charge in [0.25, 0.3) is 11.6 Å². The van der Waals surface area contributed by atoms with Crippen LogP contribution in [-0.2, 0) is 0 Å². The number of non-ortho nitro benzene ring substituents is 1. The van der Waals surface area contributed by atoms with Crippen LogP contribution in [0.4, 0.5) is 11.4 Å². The van der Waals surface area contributed by atoms with E-state index >= 15 is 0 Å². The lowest BCUT2D eigenvalue weighted by Gasteiger charge is -2.36. The third-order valence-electron chi connectivity index (χ3n) is 4.47. The van der Waals surface area contributed by atoms with Gasteiger partial charge in [-0.15, -0.1) is 0 Å². The van der Waals surface area contributed by atoms with Crippen molar-refractivity contribution in [1.29, 1.82) is 0 Å². The van der Waals surface area contributed by atoms with Crippen LogP contribution >= 0.6 is 11.6 Å². The topological polar surface area (TPSA) is 75.9 Å². The summed E-state index contributed by atoms with van der Waals surface area (Å²) in [5.41, 5.74) is 1.09. The summed E-state index contributed by atoms with van der Waals surface area (Å²) in [6, 6.07) is 11.8. The van der Waals surface area contributed by atoms with Gasteiger partial charge in [0, 0.05) is 44.0 Å². The Morgan fingerprint density at radius 1 is 1.15 bits per heavy atom. The first-order chi connectivity index (χ1) is 13.0. The molecule has 1 heterocycles. The Hall–Kier alpha value is -2.80. The van der Waals surface area contributed by atoms with E-state index in [1.165, 1.54) is 18.2 Å². The second kappa shape index (κ2) is 8.26. The van der Waals surface area contributed by atoms with Gasteiger partial charge in [-0.05, 0) is 37.3 Å². The summed E-state index contributed by atoms with van der Waals surface area (Å²) >= 11 is 6.09. The molecule has 0 N–H and O–H groups in total. The van der Waals surface area contributed by atoms with E-state index in [-0.39, 0.29) is 22.2 Å². The molecule has 0 aliphatic carbocycles. The summed E-state index contributed by atoms with van der Waals surface area (Å²) in [7, 11) is 0. The van der Waals surface area contributed by atoms with Gasteiger partial charge in [0.15, 0.2) is 0 Å². The quantitative estimate of drug-likeness (QED) is 0.576. The maximum absolute atomic E-state index is 12.7. The molecule has 2 aromatic carbocycles. The van der Waals surface area contributed by atoms with Crippen molar-refractivity contribution in [2.45, 2.75) is 6.92 Å². The maximum Gasteiger partial charge on any atom is 0.270 e. The van der Waals surface area contributed by atoms with Crippen molar-refractivity contribution in [3.63, 3.8) is 0 Å². The number of ether oxygens (including phenoxy) is 1. The molecule has 0 spiro atoms. The highest BCUT2D eigenvalue weighted by Crippen LogP contribution is 2.25. The number of benzene rings is 2. The number of rotatable bonds is 5. The molecule has 1 fully saturated rings. The Morgan fingerprint density at radius 3 is 2.41 bits per heavy atom. The molecule has 7 nitrogen and oxygen atoms in total. The Balaban J connectivity index is 1.66. The van der Waals surface area contributed by atoms with Crippen LogP contribution in [0.1, 0.15) is 17.3 Å². The normalized spacial score (nSPS) is 14.1. The van der Waals surface area contributed by atoms with Gasteiger partial charge in [-0.2, -0.15) is 0 Å². The zero-order valence-corrected chi connectivity index (χ0v) is 15.7. The standard InChI is InChI=1S/C19H20ClN3O4/c1-2-27-16-6-3-14(4-7-16)21-9-11-22(12-10-21)19(24)17-13-15(23(25)26)5-8-18(17)20/h3-8,13H,2,9-12H2,1H3. The van der Waals surface area contributed by atoms with Crippen molar-refractivity contribution in [1.82, 2.24) is 4.90 Å². The molecule has 3 rings (SSSR count). The van der Waals surface area contributed by atoms with Crippen LogP contribution in [0.25, 0.3) is 0 Å². The SMILES string of the molecule is CCOc1ccc(N2CCN(C(=O)c3cc([N+](=O)[O-])ccc3Cl)CC2)cc1. The predicted octanol–water partition coefficient (Wildman–Crippen LogP) is 3.61. The molecule has 0 unspecified atom stereocenters. The summed E-state index contributed by atoms with van der Waals surface area (Å²) in [6.07, 6.45) is 0. The lowest BCUT2D eigenvalue weighted by atomic mass is 10.1. The molecule has 1 aliphatic rings. The van der Waals surface area contributed by atoms with Crippen LogP contribution in [0.2, 0.25) is 5.02 Å². The monoisotopic (exact) mass is 389 g/mol. The second-order valence-corrected chi connectivity index (χ2v) is 6.53. The number of halogens is 1. The van der Waals surface area contributed by atoms with Crippen molar-refractivity contribution in [3.05, 3.63) is 63.2 Å². The van der Waals surface area contributed by atoms with E-state index in [9.17, 15) is 14.9 Å². The Labute approximate surface area is 162 Å². The molecule has 0 saturated carbocycles. The average molecular weight is 390 g/mol. The highest BCUT2D eigenvalue weighted by molar-refractivity contribution is 6.33. The fourth-order valence-electron chi connectivity index (χ4n) is 3.05. The summed E-state index contributed by atoms with van der Waals surface area (Å²) in [6.45, 7) is 4.95. The summed E-state index contributed by atoms with van der Waals surface area (Å²) in [5, 5.41) is 11.2. The van der Waals surface area contributed by atoms with E-state index in [0.717, 1.165) is 11.4 Å². The first kappa shape index (κ1) is 19.0. The Kier molecular flexibility index (Phi) is 5.81. The summed E-state index contributed by atoms with van der Waals surface area (Å²) < 4.78 is 5.45. The molecule has 27 heavy (non-hydrogen) atoms. The number of carbonyl (C=O) groups excluding carboxylic acids is 1. The Morgan fingerprint density at radius 2 is 1.81 bits per heavy atom. The van der Waals surface area contributed by atoms with Crippen LogP contribution in [0, 0.1) is 10.1 Å². The number of anilines is 1. The molecule has 0 radical (unpaired) electrons. The van der Waals surface area contributed by atoms with Crippen molar-refractivity contribution in [2.75, 3.05) is 37.7 Å². The third kappa shape index (κ3) is 4.31. The molecule has 1 saturated heterocycles. The second-order valence-electron chi connectivity index (χ2n) is 6.13. The van der Waals surface area contributed by atoms with E-state index in [2.05, 4.69) is 4.90 Å². The zero-order chi connectivity index (χ0) is 19.4. The highest BCUT2D eigenvalue weighted by Gasteiger charge is 2.25. The van der Waals surface area contributed by atoms with Gasteiger partial charge in [0.1, 0.15) is 5.75 Å². The number of nitrogens with zero attached hydrogens (tertiary/aromatic N) is 3. The van der Waals surface area contributed by atoms with Crippen molar-refractivity contribution < 1.29 is 14.5 Å². The number of nitro groups is 1. The summed E-state index contributed by atoms with van der Waals surface area (Å²) in [4.78, 5) is 27.0. The molecule has 0 atom stereocenters. The molecule has 1 amide bonds. The van der Waals surface area contributed by atoms with E-state index < -0.39 is 4.92 Å². The minimum Gasteiger partial charge on any atom is -0.494 e. The van der Waals surface area contributed by atoms with Crippen molar-refractivity contribution in [3.8, 4) is 5.75 Å². The Bertz CT molecular complexity index is 833. The molecule has 2 aromatic rings. The van der Waals surface area contributed by atoms with Crippen LogP contribution in [0.5, 0.6) is 5.75 Å². The lowest BCUT2D eigenvalue weighted by molar-refractivity contribution is -0.384. The molecule has 142 valence electrons. The number of piperazine rings is 1. The van der Waals surface area contributed by atoms with Crippen molar-refractivity contribution >= 4 is 28.9 Å². The van der Waals surface area contributed by atoms with Gasteiger partial charge in [0.05, 0.1) is 22.1 Å². The number of hydrogen-bond donors (Lipinski definition) is 0. The van der Waals surface area contributed by atoms with Crippen LogP contribution in [-0.4, -0.2) is 48.5 Å². The fourth-order valence-corrected chi connectivity index (χ4v) is 3.25. The molecule has 0 bridgehead atoms. The van der Waals surface area contributed by atoms with Gasteiger partial charge >= 0.3 is 0 Å². The van der Waals surface area contributed by atoms with Gasteiger partial charge < -0.3 is 14.5 Å². The molecular formula is C19H20ClN3O4. The number of amides is 1. The van der Waals surface area contributed by atoms with E-state index in [1.54, 1.807) is 4.90 Å². The average Bonchev–Trinajstić information content (AvgIpc) is 2.69. The molecule has 0 aromatic heterocycles. The first-order valence-corrected chi connectivity index (χ1v) is 9.08. The number of nitro benzene ring substituents is 1. The predicted molar refractivity (Wildman–Crippen MR) is 104 cm³/mol. The van der Waals surface area contributed by atoms with Crippen LogP contribution in [0.3, 0.4) is 0 Å². The first-order valence-electron chi connectivity index (χ1n) is 8.70. The van der Waals surface area contributed by atoms with Crippen LogP contribution in [0.15, 0.2) is 42.5 Å². The van der Waals surface area contributed by atoms with Gasteiger partial charge in [0.2, 0.25) is 0 Å². The van der Waals surface area contributed by atoms with E-state index in [0.29, 0.717) is 32.8 Å². The largest absolute Gasteiger partial charge is 0.494 e.